The largest absolute Gasteiger partial charge is 0.467 e. The smallest absolute Gasteiger partial charge is 0.387 e. The highest BCUT2D eigenvalue weighted by Gasteiger charge is 2.35. The molecule has 0 bridgehead atoms. The predicted molar refractivity (Wildman–Crippen MR) is 88.7 cm³/mol. The van der Waals surface area contributed by atoms with E-state index in [1.165, 1.54) is 35.4 Å². The molecule has 1 aromatic heterocycles. The molecule has 1 aliphatic rings. The minimum Gasteiger partial charge on any atom is -0.467 e. The minimum atomic E-state index is -3.18. The Labute approximate surface area is 149 Å². The molecule has 0 radical (unpaired) electrons. The number of halogens is 2. The zero-order chi connectivity index (χ0) is 18.7. The van der Waals surface area contributed by atoms with Gasteiger partial charge in [0.15, 0.2) is 9.84 Å². The fourth-order valence-corrected chi connectivity index (χ4v) is 4.63. The van der Waals surface area contributed by atoms with Gasteiger partial charge in [-0.1, -0.05) is 0 Å². The van der Waals surface area contributed by atoms with Crippen molar-refractivity contribution in [3.8, 4) is 5.75 Å². The molecule has 0 unspecified atom stereocenters. The number of carbonyl (C=O) groups is 1. The van der Waals surface area contributed by atoms with Crippen molar-refractivity contribution in [2.24, 2.45) is 0 Å². The number of carbonyl (C=O) groups excluding carboxylic acids is 1. The van der Waals surface area contributed by atoms with Gasteiger partial charge < -0.3 is 14.1 Å². The maximum Gasteiger partial charge on any atom is 0.387 e. The molecule has 0 saturated carbocycles. The maximum atomic E-state index is 12.9. The first-order chi connectivity index (χ1) is 12.3. The van der Waals surface area contributed by atoms with Gasteiger partial charge >= 0.3 is 6.61 Å². The van der Waals surface area contributed by atoms with E-state index < -0.39 is 28.4 Å². The number of ether oxygens (including phenoxy) is 1. The number of sulfone groups is 1. The summed E-state index contributed by atoms with van der Waals surface area (Å²) in [6.07, 6.45) is 1.82. The van der Waals surface area contributed by atoms with E-state index in [1.54, 1.807) is 12.1 Å². The van der Waals surface area contributed by atoms with E-state index in [9.17, 15) is 22.0 Å². The Morgan fingerprint density at radius 3 is 2.54 bits per heavy atom. The van der Waals surface area contributed by atoms with Crippen LogP contribution >= 0.6 is 0 Å². The van der Waals surface area contributed by atoms with Crippen LogP contribution in [0.1, 0.15) is 22.5 Å². The normalized spacial score (nSPS) is 18.8. The molecule has 1 aliphatic heterocycles. The lowest BCUT2D eigenvalue weighted by atomic mass is 10.1. The van der Waals surface area contributed by atoms with Gasteiger partial charge in [0.25, 0.3) is 5.91 Å². The molecule has 0 spiro atoms. The fourth-order valence-electron chi connectivity index (χ4n) is 2.90. The van der Waals surface area contributed by atoms with Crippen LogP contribution in [0.3, 0.4) is 0 Å². The monoisotopic (exact) mass is 385 g/mol. The fraction of sp³-hybridized carbons (Fsp3) is 0.353. The summed E-state index contributed by atoms with van der Waals surface area (Å²) in [5.74, 6) is -0.00254. The molecule has 1 saturated heterocycles. The second-order valence-electron chi connectivity index (χ2n) is 5.97. The lowest BCUT2D eigenvalue weighted by molar-refractivity contribution is -0.0498. The molecule has 2 heterocycles. The first kappa shape index (κ1) is 18.4. The Bertz CT molecular complexity index is 850. The minimum absolute atomic E-state index is 0.0285. The van der Waals surface area contributed by atoms with Crippen LogP contribution in [0.4, 0.5) is 8.78 Å². The number of furan rings is 1. The predicted octanol–water partition coefficient (Wildman–Crippen LogP) is 2.71. The number of rotatable bonds is 6. The zero-order valence-electron chi connectivity index (χ0n) is 13.7. The van der Waals surface area contributed by atoms with Gasteiger partial charge in [0.2, 0.25) is 0 Å². The summed E-state index contributed by atoms with van der Waals surface area (Å²) in [6.45, 7) is -2.82. The van der Waals surface area contributed by atoms with E-state index in [2.05, 4.69) is 4.74 Å². The van der Waals surface area contributed by atoms with E-state index in [0.29, 0.717) is 12.2 Å². The van der Waals surface area contributed by atoms with Crippen LogP contribution in [-0.2, 0) is 16.4 Å². The number of amides is 1. The van der Waals surface area contributed by atoms with Gasteiger partial charge in [-0.3, -0.25) is 4.79 Å². The maximum absolute atomic E-state index is 12.9. The highest BCUT2D eigenvalue weighted by atomic mass is 32.2. The zero-order valence-corrected chi connectivity index (χ0v) is 14.5. The second-order valence-corrected chi connectivity index (χ2v) is 8.20. The summed E-state index contributed by atoms with van der Waals surface area (Å²) >= 11 is 0. The quantitative estimate of drug-likeness (QED) is 0.764. The summed E-state index contributed by atoms with van der Waals surface area (Å²) < 4.78 is 57.6. The van der Waals surface area contributed by atoms with Crippen LogP contribution in [-0.4, -0.2) is 43.4 Å². The Morgan fingerprint density at radius 2 is 2.00 bits per heavy atom. The molecule has 2 aromatic rings. The number of nitrogens with zero attached hydrogens (tertiary/aromatic N) is 1. The van der Waals surface area contributed by atoms with Crippen molar-refractivity contribution in [2.45, 2.75) is 25.6 Å². The molecule has 9 heteroatoms. The van der Waals surface area contributed by atoms with Crippen molar-refractivity contribution in [2.75, 3.05) is 11.5 Å². The van der Waals surface area contributed by atoms with Crippen LogP contribution in [0.2, 0.25) is 0 Å². The molecule has 1 atom stereocenters. The highest BCUT2D eigenvalue weighted by Crippen LogP contribution is 2.23. The third kappa shape index (κ3) is 4.40. The molecule has 6 nitrogen and oxygen atoms in total. The van der Waals surface area contributed by atoms with Gasteiger partial charge in [0.1, 0.15) is 11.5 Å². The molecule has 1 aromatic carbocycles. The lowest BCUT2D eigenvalue weighted by Gasteiger charge is -2.27. The summed E-state index contributed by atoms with van der Waals surface area (Å²) in [4.78, 5) is 14.4. The number of benzene rings is 1. The molecular formula is C17H17F2NO5S. The third-order valence-electron chi connectivity index (χ3n) is 4.14. The van der Waals surface area contributed by atoms with Crippen molar-refractivity contribution in [3.63, 3.8) is 0 Å². The molecular weight excluding hydrogens is 368 g/mol. The Kier molecular flexibility index (Phi) is 5.26. The second kappa shape index (κ2) is 7.45. The lowest BCUT2D eigenvalue weighted by Crippen LogP contribution is -2.40. The van der Waals surface area contributed by atoms with E-state index in [0.717, 1.165) is 0 Å². The number of alkyl halides is 2. The first-order valence-corrected chi connectivity index (χ1v) is 9.75. The van der Waals surface area contributed by atoms with Crippen LogP contribution in [0.5, 0.6) is 5.75 Å². The van der Waals surface area contributed by atoms with E-state index in [-0.39, 0.29) is 29.4 Å². The van der Waals surface area contributed by atoms with Crippen molar-refractivity contribution in [1.29, 1.82) is 0 Å². The molecule has 26 heavy (non-hydrogen) atoms. The van der Waals surface area contributed by atoms with Crippen LogP contribution in [0, 0.1) is 0 Å². The van der Waals surface area contributed by atoms with Gasteiger partial charge in [0, 0.05) is 11.6 Å². The molecule has 1 amide bonds. The van der Waals surface area contributed by atoms with Crippen molar-refractivity contribution in [3.05, 3.63) is 54.0 Å². The SMILES string of the molecule is O=C(c1ccc(OC(F)F)cc1)N(Cc1ccco1)[C@@H]1CCS(=O)(=O)C1. The van der Waals surface area contributed by atoms with E-state index >= 15 is 0 Å². The molecule has 0 N–H and O–H groups in total. The molecule has 140 valence electrons. The van der Waals surface area contributed by atoms with Crippen LogP contribution < -0.4 is 4.74 Å². The topological polar surface area (TPSA) is 76.8 Å². The third-order valence-corrected chi connectivity index (χ3v) is 5.89. The average molecular weight is 385 g/mol. The summed E-state index contributed by atoms with van der Waals surface area (Å²) in [5, 5.41) is 0. The van der Waals surface area contributed by atoms with Crippen LogP contribution in [0.15, 0.2) is 47.1 Å². The molecule has 1 fully saturated rings. The Morgan fingerprint density at radius 1 is 1.27 bits per heavy atom. The number of hydrogen-bond donors (Lipinski definition) is 0. The molecule has 3 rings (SSSR count). The summed E-state index contributed by atoms with van der Waals surface area (Å²) in [6, 6.07) is 8.21. The van der Waals surface area contributed by atoms with Gasteiger partial charge in [0.05, 0.1) is 24.3 Å². The van der Waals surface area contributed by atoms with E-state index in [4.69, 9.17) is 4.42 Å². The highest BCUT2D eigenvalue weighted by molar-refractivity contribution is 7.91. The van der Waals surface area contributed by atoms with Crippen molar-refractivity contribution in [1.82, 2.24) is 4.90 Å². The number of hydrogen-bond acceptors (Lipinski definition) is 5. The van der Waals surface area contributed by atoms with Gasteiger partial charge in [-0.05, 0) is 42.8 Å². The summed E-state index contributed by atoms with van der Waals surface area (Å²) in [7, 11) is -3.18. The van der Waals surface area contributed by atoms with Gasteiger partial charge in [-0.25, -0.2) is 8.42 Å². The summed E-state index contributed by atoms with van der Waals surface area (Å²) in [5.41, 5.74) is 0.252. The van der Waals surface area contributed by atoms with Gasteiger partial charge in [-0.2, -0.15) is 8.78 Å². The van der Waals surface area contributed by atoms with Crippen molar-refractivity contribution < 1.29 is 31.1 Å². The molecule has 0 aliphatic carbocycles. The standard InChI is InChI=1S/C17H17F2NO5S/c18-17(19)25-14-5-3-12(4-6-14)16(21)20(10-15-2-1-8-24-15)13-7-9-26(22,23)11-13/h1-6,8,13,17H,7,9-11H2/t13-/m1/s1. The van der Waals surface area contributed by atoms with Gasteiger partial charge in [-0.15, -0.1) is 0 Å². The van der Waals surface area contributed by atoms with Crippen LogP contribution in [0.25, 0.3) is 0 Å². The Hall–Kier alpha value is -2.42. The Balaban J connectivity index is 1.82. The van der Waals surface area contributed by atoms with Crippen molar-refractivity contribution >= 4 is 15.7 Å². The first-order valence-electron chi connectivity index (χ1n) is 7.93. The average Bonchev–Trinajstić information content (AvgIpc) is 3.21. The van der Waals surface area contributed by atoms with E-state index in [1.807, 2.05) is 0 Å².